The number of nitrogens with zero attached hydrogens (tertiary/aromatic N) is 4. The molecule has 6 heteroatoms. The predicted octanol–water partition coefficient (Wildman–Crippen LogP) is 3.04. The van der Waals surface area contributed by atoms with Crippen molar-refractivity contribution in [1.29, 1.82) is 0 Å². The van der Waals surface area contributed by atoms with E-state index >= 15 is 0 Å². The van der Waals surface area contributed by atoms with Crippen LogP contribution in [0.5, 0.6) is 0 Å². The quantitative estimate of drug-likeness (QED) is 0.730. The highest BCUT2D eigenvalue weighted by Gasteiger charge is 2.09. The summed E-state index contributed by atoms with van der Waals surface area (Å²) < 4.78 is 2.89. The zero-order chi connectivity index (χ0) is 11.7. The van der Waals surface area contributed by atoms with Crippen LogP contribution in [0.2, 0.25) is 0 Å². The number of hydrogen-bond donors (Lipinski definition) is 0. The van der Waals surface area contributed by atoms with Crippen LogP contribution in [0.3, 0.4) is 0 Å². The second-order valence-electron chi connectivity index (χ2n) is 3.30. The zero-order valence-corrected chi connectivity index (χ0v) is 11.0. The fourth-order valence-electron chi connectivity index (χ4n) is 1.42. The fraction of sp³-hybridized carbons (Fsp3) is 0. The lowest BCUT2D eigenvalue weighted by molar-refractivity contribution is 0.916. The highest BCUT2D eigenvalue weighted by molar-refractivity contribution is 9.10. The Hall–Kier alpha value is -1.40. The Bertz CT molecular complexity index is 667. The van der Waals surface area contributed by atoms with Crippen LogP contribution in [0.4, 0.5) is 0 Å². The van der Waals surface area contributed by atoms with Gasteiger partial charge in [-0.3, -0.25) is 4.40 Å². The highest BCUT2D eigenvalue weighted by atomic mass is 79.9. The zero-order valence-electron chi connectivity index (χ0n) is 8.62. The summed E-state index contributed by atoms with van der Waals surface area (Å²) in [5.41, 5.74) is 0.835. The van der Waals surface area contributed by atoms with E-state index in [2.05, 4.69) is 31.1 Å². The van der Waals surface area contributed by atoms with Gasteiger partial charge < -0.3 is 0 Å². The lowest BCUT2D eigenvalue weighted by Gasteiger charge is -2.00. The van der Waals surface area contributed by atoms with Gasteiger partial charge in [0.05, 0.1) is 4.47 Å². The van der Waals surface area contributed by atoms with Crippen LogP contribution in [0.15, 0.2) is 57.4 Å². The standard InChI is InChI=1S/C11H7BrN4S/c12-8-4-3-6-13-10(8)17-11-15-14-9-5-1-2-7-16(9)11/h1-7H. The molecular formula is C11H7BrN4S. The summed E-state index contributed by atoms with van der Waals surface area (Å²) in [6.45, 7) is 0. The minimum atomic E-state index is 0.806. The SMILES string of the molecule is Brc1cccnc1Sc1nnc2ccccn12. The van der Waals surface area contributed by atoms with Crippen LogP contribution in [-0.2, 0) is 0 Å². The van der Waals surface area contributed by atoms with Gasteiger partial charge in [-0.2, -0.15) is 0 Å². The first-order valence-corrected chi connectivity index (χ1v) is 6.54. The van der Waals surface area contributed by atoms with Gasteiger partial charge in [0.25, 0.3) is 0 Å². The van der Waals surface area contributed by atoms with Gasteiger partial charge in [0.15, 0.2) is 5.65 Å². The van der Waals surface area contributed by atoms with E-state index in [-0.39, 0.29) is 0 Å². The van der Waals surface area contributed by atoms with Crippen molar-refractivity contribution in [1.82, 2.24) is 19.6 Å². The van der Waals surface area contributed by atoms with Gasteiger partial charge in [-0.05, 0) is 52.0 Å². The van der Waals surface area contributed by atoms with Gasteiger partial charge in [0, 0.05) is 12.4 Å². The maximum Gasteiger partial charge on any atom is 0.201 e. The number of rotatable bonds is 2. The second kappa shape index (κ2) is 4.46. The molecule has 0 radical (unpaired) electrons. The molecule has 0 aliphatic rings. The molecule has 0 fully saturated rings. The normalized spacial score (nSPS) is 10.9. The Kier molecular flexibility index (Phi) is 2.82. The molecule has 3 aromatic heterocycles. The van der Waals surface area contributed by atoms with E-state index in [0.29, 0.717) is 0 Å². The van der Waals surface area contributed by atoms with Crippen molar-refractivity contribution in [2.24, 2.45) is 0 Å². The molecule has 0 spiro atoms. The lowest BCUT2D eigenvalue weighted by atomic mass is 10.5. The van der Waals surface area contributed by atoms with Gasteiger partial charge in [-0.25, -0.2) is 4.98 Å². The topological polar surface area (TPSA) is 43.1 Å². The van der Waals surface area contributed by atoms with Crippen molar-refractivity contribution in [2.45, 2.75) is 10.2 Å². The Balaban J connectivity index is 2.03. The summed E-state index contributed by atoms with van der Waals surface area (Å²) in [7, 11) is 0. The molecule has 0 N–H and O–H groups in total. The summed E-state index contributed by atoms with van der Waals surface area (Å²) in [4.78, 5) is 4.29. The number of pyridine rings is 2. The third-order valence-corrected chi connectivity index (χ3v) is 4.08. The summed E-state index contributed by atoms with van der Waals surface area (Å²) >= 11 is 4.95. The molecule has 17 heavy (non-hydrogen) atoms. The average molecular weight is 307 g/mol. The van der Waals surface area contributed by atoms with E-state index in [0.717, 1.165) is 20.3 Å². The van der Waals surface area contributed by atoms with E-state index in [1.54, 1.807) is 6.20 Å². The first kappa shape index (κ1) is 10.7. The largest absolute Gasteiger partial charge is 0.277 e. The molecule has 3 aromatic rings. The van der Waals surface area contributed by atoms with Gasteiger partial charge in [-0.15, -0.1) is 10.2 Å². The molecule has 3 rings (SSSR count). The van der Waals surface area contributed by atoms with Crippen LogP contribution < -0.4 is 0 Å². The molecule has 0 aliphatic heterocycles. The van der Waals surface area contributed by atoms with E-state index in [1.165, 1.54) is 11.8 Å². The average Bonchev–Trinajstić information content (AvgIpc) is 2.76. The van der Waals surface area contributed by atoms with Crippen molar-refractivity contribution >= 4 is 33.3 Å². The fourth-order valence-corrected chi connectivity index (χ4v) is 2.71. The molecular weight excluding hydrogens is 300 g/mol. The molecule has 0 saturated heterocycles. The number of aromatic nitrogens is 4. The maximum absolute atomic E-state index is 4.29. The van der Waals surface area contributed by atoms with Crippen molar-refractivity contribution in [3.8, 4) is 0 Å². The van der Waals surface area contributed by atoms with Crippen LogP contribution in [-0.4, -0.2) is 19.6 Å². The Morgan fingerprint density at radius 3 is 2.94 bits per heavy atom. The molecule has 0 atom stereocenters. The summed E-state index contributed by atoms with van der Waals surface area (Å²) in [5.74, 6) is 0. The molecule has 84 valence electrons. The molecule has 0 amide bonds. The third kappa shape index (κ3) is 2.05. The van der Waals surface area contributed by atoms with Crippen LogP contribution in [0.1, 0.15) is 0 Å². The first-order valence-electron chi connectivity index (χ1n) is 4.93. The monoisotopic (exact) mass is 306 g/mol. The van der Waals surface area contributed by atoms with Crippen LogP contribution >= 0.6 is 27.7 Å². The summed E-state index contributed by atoms with van der Waals surface area (Å²) in [6, 6.07) is 9.65. The lowest BCUT2D eigenvalue weighted by Crippen LogP contribution is -1.87. The summed E-state index contributed by atoms with van der Waals surface area (Å²) in [5, 5.41) is 9.93. The second-order valence-corrected chi connectivity index (χ2v) is 5.11. The van der Waals surface area contributed by atoms with Crippen molar-refractivity contribution in [3.63, 3.8) is 0 Å². The van der Waals surface area contributed by atoms with Crippen molar-refractivity contribution < 1.29 is 0 Å². The Labute approximate surface area is 110 Å². The van der Waals surface area contributed by atoms with Crippen LogP contribution in [0, 0.1) is 0 Å². The minimum absolute atomic E-state index is 0.806. The molecule has 0 aliphatic carbocycles. The van der Waals surface area contributed by atoms with E-state index in [1.807, 2.05) is 40.9 Å². The molecule has 0 aromatic carbocycles. The molecule has 0 bridgehead atoms. The molecule has 3 heterocycles. The molecule has 0 unspecified atom stereocenters. The minimum Gasteiger partial charge on any atom is -0.277 e. The molecule has 4 nitrogen and oxygen atoms in total. The van der Waals surface area contributed by atoms with Gasteiger partial charge in [-0.1, -0.05) is 6.07 Å². The number of hydrogen-bond acceptors (Lipinski definition) is 4. The van der Waals surface area contributed by atoms with Gasteiger partial charge in [0.1, 0.15) is 5.03 Å². The van der Waals surface area contributed by atoms with E-state index in [4.69, 9.17) is 0 Å². The number of halogens is 1. The Morgan fingerprint density at radius 2 is 2.06 bits per heavy atom. The first-order chi connectivity index (χ1) is 8.34. The summed E-state index contributed by atoms with van der Waals surface area (Å²) in [6.07, 6.45) is 3.70. The van der Waals surface area contributed by atoms with E-state index < -0.39 is 0 Å². The molecule has 0 saturated carbocycles. The van der Waals surface area contributed by atoms with Crippen molar-refractivity contribution in [2.75, 3.05) is 0 Å². The highest BCUT2D eigenvalue weighted by Crippen LogP contribution is 2.30. The van der Waals surface area contributed by atoms with Gasteiger partial charge >= 0.3 is 0 Å². The van der Waals surface area contributed by atoms with Crippen molar-refractivity contribution in [3.05, 3.63) is 47.2 Å². The van der Waals surface area contributed by atoms with Gasteiger partial charge in [0.2, 0.25) is 5.16 Å². The van der Waals surface area contributed by atoms with Crippen LogP contribution in [0.25, 0.3) is 5.65 Å². The maximum atomic E-state index is 4.29. The van der Waals surface area contributed by atoms with E-state index in [9.17, 15) is 0 Å². The smallest absolute Gasteiger partial charge is 0.201 e. The Morgan fingerprint density at radius 1 is 1.12 bits per heavy atom. The third-order valence-electron chi connectivity index (χ3n) is 2.20. The predicted molar refractivity (Wildman–Crippen MR) is 69.0 cm³/mol. The number of fused-ring (bicyclic) bond motifs is 1.